The Labute approximate surface area is 230 Å². The molecule has 2 saturated heterocycles. The lowest BCUT2D eigenvalue weighted by Crippen LogP contribution is -2.51. The van der Waals surface area contributed by atoms with E-state index in [0.29, 0.717) is 31.4 Å². The van der Waals surface area contributed by atoms with Gasteiger partial charge in [-0.2, -0.15) is 17.7 Å². The van der Waals surface area contributed by atoms with Crippen LogP contribution in [-0.4, -0.2) is 101 Å². The number of hydrogen-bond donors (Lipinski definition) is 0. The molecule has 2 aromatic heterocycles. The van der Waals surface area contributed by atoms with Crippen LogP contribution >= 0.6 is 0 Å². The van der Waals surface area contributed by atoms with E-state index in [-0.39, 0.29) is 17.7 Å². The van der Waals surface area contributed by atoms with Gasteiger partial charge < -0.3 is 19.3 Å². The standard InChI is InChI=1S/C27H34F3N7O3/c1-19(38)35-15-13-34(14-16-35)17-23(18-39-2)40-22-5-3-20(4-6-22)21-9-11-36(12-10-21)25-8-7-24-31-32-26(27(28,29)30)37(24)33-25/h3-8,21,23H,9-18H2,1-2H3. The van der Waals surface area contributed by atoms with Gasteiger partial charge in [-0.3, -0.25) is 9.69 Å². The summed E-state index contributed by atoms with van der Waals surface area (Å²) in [6.45, 7) is 7.22. The molecule has 1 aromatic carbocycles. The summed E-state index contributed by atoms with van der Waals surface area (Å²) in [6.07, 6.45) is -3.04. The van der Waals surface area contributed by atoms with Crippen LogP contribution in [-0.2, 0) is 15.7 Å². The van der Waals surface area contributed by atoms with Gasteiger partial charge >= 0.3 is 6.18 Å². The lowest BCUT2D eigenvalue weighted by molar-refractivity contribution is -0.146. The Morgan fingerprint density at radius 3 is 2.33 bits per heavy atom. The molecule has 40 heavy (non-hydrogen) atoms. The van der Waals surface area contributed by atoms with E-state index < -0.39 is 12.0 Å². The quantitative estimate of drug-likeness (QED) is 0.415. The first-order valence-corrected chi connectivity index (χ1v) is 13.5. The Kier molecular flexibility index (Phi) is 8.40. The first-order chi connectivity index (χ1) is 19.2. The highest BCUT2D eigenvalue weighted by atomic mass is 19.4. The Bertz CT molecular complexity index is 1280. The number of fused-ring (bicyclic) bond motifs is 1. The average molecular weight is 562 g/mol. The highest BCUT2D eigenvalue weighted by Gasteiger charge is 2.38. The van der Waals surface area contributed by atoms with Crippen molar-refractivity contribution in [3.8, 4) is 5.75 Å². The van der Waals surface area contributed by atoms with E-state index in [2.05, 4.69) is 32.3 Å². The molecule has 2 aliphatic rings. The van der Waals surface area contributed by atoms with Crippen LogP contribution in [0.3, 0.4) is 0 Å². The Hall–Kier alpha value is -3.45. The van der Waals surface area contributed by atoms with Crippen molar-refractivity contribution in [1.82, 2.24) is 29.6 Å². The van der Waals surface area contributed by atoms with E-state index in [9.17, 15) is 18.0 Å². The lowest BCUT2D eigenvalue weighted by atomic mass is 9.89. The Morgan fingerprint density at radius 2 is 1.70 bits per heavy atom. The van der Waals surface area contributed by atoms with E-state index >= 15 is 0 Å². The van der Waals surface area contributed by atoms with Gasteiger partial charge in [0.2, 0.25) is 5.91 Å². The molecule has 0 radical (unpaired) electrons. The Balaban J connectivity index is 1.15. The van der Waals surface area contributed by atoms with Crippen LogP contribution in [0.4, 0.5) is 19.0 Å². The normalized spacial score (nSPS) is 18.3. The van der Waals surface area contributed by atoms with Crippen molar-refractivity contribution in [3.05, 3.63) is 47.8 Å². The van der Waals surface area contributed by atoms with E-state index in [1.54, 1.807) is 20.1 Å². The molecule has 0 aliphatic carbocycles. The van der Waals surface area contributed by atoms with Crippen molar-refractivity contribution < 1.29 is 27.4 Å². The smallest absolute Gasteiger partial charge is 0.453 e. The number of methoxy groups -OCH3 is 1. The summed E-state index contributed by atoms with van der Waals surface area (Å²) >= 11 is 0. The predicted molar refractivity (Wildman–Crippen MR) is 141 cm³/mol. The van der Waals surface area contributed by atoms with Gasteiger partial charge in [0.25, 0.3) is 5.82 Å². The van der Waals surface area contributed by atoms with Crippen LogP contribution in [0, 0.1) is 0 Å². The highest BCUT2D eigenvalue weighted by Crippen LogP contribution is 2.32. The van der Waals surface area contributed by atoms with E-state index in [1.807, 2.05) is 21.9 Å². The summed E-state index contributed by atoms with van der Waals surface area (Å²) < 4.78 is 52.1. The van der Waals surface area contributed by atoms with Crippen LogP contribution in [0.25, 0.3) is 5.65 Å². The molecule has 13 heteroatoms. The third-order valence-electron chi connectivity index (χ3n) is 7.61. The number of halogens is 3. The van der Waals surface area contributed by atoms with Crippen molar-refractivity contribution in [2.75, 3.05) is 64.4 Å². The number of aromatic nitrogens is 4. The van der Waals surface area contributed by atoms with Gasteiger partial charge in [-0.1, -0.05) is 12.1 Å². The summed E-state index contributed by atoms with van der Waals surface area (Å²) in [4.78, 5) is 17.7. The molecule has 0 N–H and O–H groups in total. The maximum absolute atomic E-state index is 13.2. The molecule has 0 spiro atoms. The molecule has 1 amide bonds. The van der Waals surface area contributed by atoms with E-state index in [1.165, 1.54) is 11.6 Å². The summed E-state index contributed by atoms with van der Waals surface area (Å²) in [5, 5.41) is 11.0. The molecular weight excluding hydrogens is 527 g/mol. The summed E-state index contributed by atoms with van der Waals surface area (Å²) in [5.74, 6) is 0.580. The van der Waals surface area contributed by atoms with E-state index in [4.69, 9.17) is 9.47 Å². The highest BCUT2D eigenvalue weighted by molar-refractivity contribution is 5.73. The number of amides is 1. The molecule has 10 nitrogen and oxygen atoms in total. The number of rotatable bonds is 8. The van der Waals surface area contributed by atoms with Gasteiger partial charge in [-0.05, 0) is 48.6 Å². The monoisotopic (exact) mass is 561 g/mol. The van der Waals surface area contributed by atoms with Crippen LogP contribution in [0.15, 0.2) is 36.4 Å². The molecule has 4 heterocycles. The van der Waals surface area contributed by atoms with Gasteiger partial charge in [0, 0.05) is 59.8 Å². The number of piperazine rings is 1. The third-order valence-corrected chi connectivity index (χ3v) is 7.61. The molecule has 1 atom stereocenters. The van der Waals surface area contributed by atoms with Crippen LogP contribution in [0.2, 0.25) is 0 Å². The summed E-state index contributed by atoms with van der Waals surface area (Å²) in [7, 11) is 1.66. The maximum atomic E-state index is 13.2. The predicted octanol–water partition coefficient (Wildman–Crippen LogP) is 3.09. The number of carbonyl (C=O) groups is 1. The molecule has 0 saturated carbocycles. The molecule has 2 fully saturated rings. The number of nitrogens with zero attached hydrogens (tertiary/aromatic N) is 7. The minimum absolute atomic E-state index is 0.0663. The molecule has 5 rings (SSSR count). The molecule has 2 aliphatic heterocycles. The summed E-state index contributed by atoms with van der Waals surface area (Å²) in [5.41, 5.74) is 1.27. The number of carbonyl (C=O) groups excluding carboxylic acids is 1. The fourth-order valence-electron chi connectivity index (χ4n) is 5.42. The van der Waals surface area contributed by atoms with E-state index in [0.717, 1.165) is 55.8 Å². The largest absolute Gasteiger partial charge is 0.487 e. The molecule has 1 unspecified atom stereocenters. The number of hydrogen-bond acceptors (Lipinski definition) is 8. The van der Waals surface area contributed by atoms with Crippen LogP contribution in [0.1, 0.15) is 37.1 Å². The second-order valence-electron chi connectivity index (χ2n) is 10.3. The number of ether oxygens (including phenoxy) is 2. The van der Waals surface area contributed by atoms with Crippen molar-refractivity contribution >= 4 is 17.4 Å². The van der Waals surface area contributed by atoms with Crippen LogP contribution in [0.5, 0.6) is 5.75 Å². The molecule has 216 valence electrons. The maximum Gasteiger partial charge on any atom is 0.453 e. The minimum atomic E-state index is -4.62. The van der Waals surface area contributed by atoms with Gasteiger partial charge in [0.05, 0.1) is 6.61 Å². The first-order valence-electron chi connectivity index (χ1n) is 13.5. The molecule has 0 bridgehead atoms. The van der Waals surface area contributed by atoms with Gasteiger partial charge in [0.1, 0.15) is 17.7 Å². The van der Waals surface area contributed by atoms with Crippen LogP contribution < -0.4 is 9.64 Å². The lowest BCUT2D eigenvalue weighted by Gasteiger charge is -2.36. The average Bonchev–Trinajstić information content (AvgIpc) is 3.38. The molecule has 3 aromatic rings. The topological polar surface area (TPSA) is 88.3 Å². The third kappa shape index (κ3) is 6.47. The summed E-state index contributed by atoms with van der Waals surface area (Å²) in [6, 6.07) is 11.3. The van der Waals surface area contributed by atoms with Gasteiger partial charge in [0.15, 0.2) is 5.65 Å². The molecular formula is C27H34F3N7O3. The zero-order chi connectivity index (χ0) is 28.3. The van der Waals surface area contributed by atoms with Gasteiger partial charge in [-0.25, -0.2) is 0 Å². The van der Waals surface area contributed by atoms with Crippen molar-refractivity contribution in [3.63, 3.8) is 0 Å². The fourth-order valence-corrected chi connectivity index (χ4v) is 5.42. The van der Waals surface area contributed by atoms with Gasteiger partial charge in [-0.15, -0.1) is 15.3 Å². The zero-order valence-corrected chi connectivity index (χ0v) is 22.7. The minimum Gasteiger partial charge on any atom is -0.487 e. The number of anilines is 1. The SMILES string of the molecule is COCC(CN1CCN(C(C)=O)CC1)Oc1ccc(C2CCN(c3ccc4nnc(C(F)(F)F)n4n3)CC2)cc1. The second kappa shape index (κ2) is 12.0. The van der Waals surface area contributed by atoms with Crippen molar-refractivity contribution in [2.24, 2.45) is 0 Å². The second-order valence-corrected chi connectivity index (χ2v) is 10.3. The number of piperidine rings is 1. The van der Waals surface area contributed by atoms with Crippen molar-refractivity contribution in [1.29, 1.82) is 0 Å². The number of benzene rings is 1. The fraction of sp³-hybridized carbons (Fsp3) is 0.556. The first kappa shape index (κ1) is 28.1. The van der Waals surface area contributed by atoms with Crippen molar-refractivity contribution in [2.45, 2.75) is 38.0 Å². The zero-order valence-electron chi connectivity index (χ0n) is 22.7. The Morgan fingerprint density at radius 1 is 1.00 bits per heavy atom. The number of alkyl halides is 3.